The zero-order valence-electron chi connectivity index (χ0n) is 11.3. The van der Waals surface area contributed by atoms with Crippen LogP contribution in [-0.4, -0.2) is 32.4 Å². The fourth-order valence-corrected chi connectivity index (χ4v) is 3.84. The summed E-state index contributed by atoms with van der Waals surface area (Å²) >= 11 is 0. The third-order valence-electron chi connectivity index (χ3n) is 3.61. The summed E-state index contributed by atoms with van der Waals surface area (Å²) < 4.78 is 65.2. The Morgan fingerprint density at radius 3 is 2.33 bits per heavy atom. The lowest BCUT2D eigenvalue weighted by molar-refractivity contribution is 0.349. The number of hydrogen-bond acceptors (Lipinski definition) is 3. The van der Waals surface area contributed by atoms with Crippen LogP contribution < -0.4 is 5.73 Å². The van der Waals surface area contributed by atoms with Crippen molar-refractivity contribution in [3.8, 4) is 0 Å². The second kappa shape index (κ2) is 6.12. The highest BCUT2D eigenvalue weighted by Crippen LogP contribution is 2.33. The Hall–Kier alpha value is -0.830. The SMILES string of the molecule is CC1(CN)CCN(S(=O)(=O)c2cc(F)c(F)cc2F)C1.Cl. The van der Waals surface area contributed by atoms with Crippen LogP contribution in [0.25, 0.3) is 0 Å². The van der Waals surface area contributed by atoms with Gasteiger partial charge in [-0.15, -0.1) is 12.4 Å². The molecule has 2 N–H and O–H groups in total. The Morgan fingerprint density at radius 1 is 1.24 bits per heavy atom. The Balaban J connectivity index is 0.00000220. The van der Waals surface area contributed by atoms with Crippen LogP contribution in [0.1, 0.15) is 13.3 Å². The quantitative estimate of drug-likeness (QED) is 0.852. The molecule has 1 atom stereocenters. The van der Waals surface area contributed by atoms with E-state index in [2.05, 4.69) is 0 Å². The van der Waals surface area contributed by atoms with E-state index in [0.717, 1.165) is 4.31 Å². The van der Waals surface area contributed by atoms with Crippen molar-refractivity contribution < 1.29 is 21.6 Å². The maximum atomic E-state index is 13.6. The molecule has 120 valence electrons. The lowest BCUT2D eigenvalue weighted by Gasteiger charge is -2.22. The van der Waals surface area contributed by atoms with E-state index in [-0.39, 0.29) is 37.0 Å². The molecule has 0 saturated carbocycles. The van der Waals surface area contributed by atoms with Gasteiger partial charge >= 0.3 is 0 Å². The summed E-state index contributed by atoms with van der Waals surface area (Å²) in [4.78, 5) is -0.849. The van der Waals surface area contributed by atoms with Crippen LogP contribution in [-0.2, 0) is 10.0 Å². The lowest BCUT2D eigenvalue weighted by Crippen LogP contribution is -2.35. The minimum Gasteiger partial charge on any atom is -0.330 e. The monoisotopic (exact) mass is 344 g/mol. The highest BCUT2D eigenvalue weighted by Gasteiger charge is 2.40. The fourth-order valence-electron chi connectivity index (χ4n) is 2.19. The summed E-state index contributed by atoms with van der Waals surface area (Å²) in [5.74, 6) is -4.12. The molecule has 1 fully saturated rings. The van der Waals surface area contributed by atoms with Gasteiger partial charge in [-0.2, -0.15) is 4.31 Å². The molecule has 0 aromatic heterocycles. The van der Waals surface area contributed by atoms with Gasteiger partial charge in [0.2, 0.25) is 10.0 Å². The van der Waals surface area contributed by atoms with E-state index in [1.165, 1.54) is 0 Å². The standard InChI is InChI=1S/C12H15F3N2O2S.ClH/c1-12(6-16)2-3-17(7-12)20(18,19)11-5-9(14)8(13)4-10(11)15;/h4-5H,2-3,6-7,16H2,1H3;1H. The summed E-state index contributed by atoms with van der Waals surface area (Å²) in [6.45, 7) is 2.42. The molecular formula is C12H16ClF3N2O2S. The molecule has 0 amide bonds. The molecule has 0 bridgehead atoms. The predicted octanol–water partition coefficient (Wildman–Crippen LogP) is 1.89. The van der Waals surface area contributed by atoms with Gasteiger partial charge in [-0.3, -0.25) is 0 Å². The lowest BCUT2D eigenvalue weighted by atomic mass is 9.90. The maximum Gasteiger partial charge on any atom is 0.246 e. The van der Waals surface area contributed by atoms with Crippen molar-refractivity contribution in [3.05, 3.63) is 29.6 Å². The van der Waals surface area contributed by atoms with Crippen molar-refractivity contribution in [2.24, 2.45) is 11.1 Å². The van der Waals surface area contributed by atoms with Gasteiger partial charge < -0.3 is 5.73 Å². The molecule has 1 unspecified atom stereocenters. The second-order valence-electron chi connectivity index (χ2n) is 5.30. The zero-order chi connectivity index (χ0) is 15.1. The van der Waals surface area contributed by atoms with Crippen LogP contribution in [0.4, 0.5) is 13.2 Å². The van der Waals surface area contributed by atoms with Gasteiger partial charge in [0.25, 0.3) is 0 Å². The Labute approximate surface area is 127 Å². The molecule has 1 heterocycles. The Bertz CT molecular complexity index is 642. The van der Waals surface area contributed by atoms with Crippen LogP contribution in [0.3, 0.4) is 0 Å². The van der Waals surface area contributed by atoms with Crippen molar-refractivity contribution in [3.63, 3.8) is 0 Å². The highest BCUT2D eigenvalue weighted by molar-refractivity contribution is 7.89. The fraction of sp³-hybridized carbons (Fsp3) is 0.500. The maximum absolute atomic E-state index is 13.6. The predicted molar refractivity (Wildman–Crippen MR) is 74.1 cm³/mol. The van der Waals surface area contributed by atoms with Crippen molar-refractivity contribution in [1.82, 2.24) is 4.31 Å². The summed E-state index contributed by atoms with van der Waals surface area (Å²) in [6.07, 6.45) is 0.536. The molecule has 1 aliphatic rings. The Kier molecular flexibility index (Phi) is 5.31. The number of hydrogen-bond donors (Lipinski definition) is 1. The van der Waals surface area contributed by atoms with Crippen molar-refractivity contribution in [1.29, 1.82) is 0 Å². The minimum atomic E-state index is -4.19. The molecule has 1 aromatic rings. The van der Waals surface area contributed by atoms with Gasteiger partial charge in [-0.1, -0.05) is 6.92 Å². The van der Waals surface area contributed by atoms with Gasteiger partial charge in [0.05, 0.1) is 0 Å². The van der Waals surface area contributed by atoms with E-state index in [9.17, 15) is 21.6 Å². The normalized spacial score (nSPS) is 23.1. The molecule has 4 nitrogen and oxygen atoms in total. The molecule has 0 aliphatic carbocycles. The molecule has 1 aromatic carbocycles. The van der Waals surface area contributed by atoms with E-state index in [4.69, 9.17) is 5.73 Å². The molecule has 21 heavy (non-hydrogen) atoms. The van der Waals surface area contributed by atoms with Gasteiger partial charge in [0, 0.05) is 19.2 Å². The van der Waals surface area contributed by atoms with E-state index in [1.54, 1.807) is 0 Å². The number of benzene rings is 1. The zero-order valence-corrected chi connectivity index (χ0v) is 12.9. The number of sulfonamides is 1. The first kappa shape index (κ1) is 18.2. The average molecular weight is 345 g/mol. The van der Waals surface area contributed by atoms with Gasteiger partial charge in [0.15, 0.2) is 11.6 Å². The third-order valence-corrected chi connectivity index (χ3v) is 5.47. The minimum absolute atomic E-state index is 0. The average Bonchev–Trinajstić information content (AvgIpc) is 2.78. The van der Waals surface area contributed by atoms with Crippen LogP contribution in [0.5, 0.6) is 0 Å². The van der Waals surface area contributed by atoms with E-state index < -0.39 is 32.4 Å². The first-order valence-corrected chi connectivity index (χ1v) is 7.48. The van der Waals surface area contributed by atoms with Gasteiger partial charge in [-0.05, 0) is 24.4 Å². The summed E-state index contributed by atoms with van der Waals surface area (Å²) in [7, 11) is -4.19. The topological polar surface area (TPSA) is 63.4 Å². The largest absolute Gasteiger partial charge is 0.330 e. The summed E-state index contributed by atoms with van der Waals surface area (Å²) in [5.41, 5.74) is 5.19. The number of nitrogens with two attached hydrogens (primary N) is 1. The molecule has 0 spiro atoms. The van der Waals surface area contributed by atoms with Gasteiger partial charge in [-0.25, -0.2) is 21.6 Å². The van der Waals surface area contributed by atoms with Crippen molar-refractivity contribution in [2.45, 2.75) is 18.2 Å². The summed E-state index contributed by atoms with van der Waals surface area (Å²) in [6, 6.07) is 0.610. The molecule has 2 rings (SSSR count). The first-order chi connectivity index (χ1) is 9.19. The molecule has 1 aliphatic heterocycles. The number of nitrogens with zero attached hydrogens (tertiary/aromatic N) is 1. The summed E-state index contributed by atoms with van der Waals surface area (Å²) in [5, 5.41) is 0. The first-order valence-electron chi connectivity index (χ1n) is 6.04. The molecular weight excluding hydrogens is 329 g/mol. The second-order valence-corrected chi connectivity index (χ2v) is 7.21. The van der Waals surface area contributed by atoms with Crippen LogP contribution >= 0.6 is 12.4 Å². The van der Waals surface area contributed by atoms with Gasteiger partial charge in [0.1, 0.15) is 10.7 Å². The Morgan fingerprint density at radius 2 is 1.81 bits per heavy atom. The van der Waals surface area contributed by atoms with Crippen LogP contribution in [0, 0.1) is 22.9 Å². The number of halogens is 4. The van der Waals surface area contributed by atoms with E-state index >= 15 is 0 Å². The highest BCUT2D eigenvalue weighted by atomic mass is 35.5. The molecule has 0 radical (unpaired) electrons. The van der Waals surface area contributed by atoms with Crippen molar-refractivity contribution in [2.75, 3.05) is 19.6 Å². The van der Waals surface area contributed by atoms with E-state index in [0.29, 0.717) is 19.0 Å². The van der Waals surface area contributed by atoms with Crippen LogP contribution in [0.15, 0.2) is 17.0 Å². The van der Waals surface area contributed by atoms with Crippen LogP contribution in [0.2, 0.25) is 0 Å². The van der Waals surface area contributed by atoms with Crippen molar-refractivity contribution >= 4 is 22.4 Å². The smallest absolute Gasteiger partial charge is 0.246 e. The molecule has 1 saturated heterocycles. The van der Waals surface area contributed by atoms with E-state index in [1.807, 2.05) is 6.92 Å². The molecule has 9 heteroatoms. The number of rotatable bonds is 3. The third kappa shape index (κ3) is 3.33.